The number of carbonyl (C=O) groups is 2. The number of anilines is 1. The number of nitrogens with one attached hydrogen (secondary N) is 1. The minimum atomic E-state index is -0.427. The van der Waals surface area contributed by atoms with Crippen LogP contribution in [0.2, 0.25) is 0 Å². The van der Waals surface area contributed by atoms with Gasteiger partial charge in [0.1, 0.15) is 5.75 Å². The molecule has 0 spiro atoms. The highest BCUT2D eigenvalue weighted by Crippen LogP contribution is 2.31. The molecule has 0 bridgehead atoms. The number of ketones is 1. The molecule has 9 heteroatoms. The highest BCUT2D eigenvalue weighted by Gasteiger charge is 2.23. The lowest BCUT2D eigenvalue weighted by molar-refractivity contribution is -0.118. The van der Waals surface area contributed by atoms with Gasteiger partial charge in [-0.05, 0) is 61.0 Å². The molecule has 1 atom stereocenters. The number of amides is 1. The Morgan fingerprint density at radius 3 is 2.86 bits per heavy atom. The molecule has 29 heavy (non-hydrogen) atoms. The monoisotopic (exact) mass is 409 g/mol. The third-order valence-corrected chi connectivity index (χ3v) is 5.60. The third kappa shape index (κ3) is 3.86. The number of benzene rings is 2. The summed E-state index contributed by atoms with van der Waals surface area (Å²) in [5, 5.41) is 14.8. The second-order valence-corrected chi connectivity index (χ2v) is 8.14. The van der Waals surface area contributed by atoms with Gasteiger partial charge >= 0.3 is 0 Å². The Morgan fingerprint density at radius 2 is 2.07 bits per heavy atom. The maximum atomic E-state index is 12.9. The average Bonchev–Trinajstić information content (AvgIpc) is 3.14. The molecule has 0 aliphatic carbocycles. The van der Waals surface area contributed by atoms with Crippen LogP contribution in [0.1, 0.15) is 28.4 Å². The molecule has 1 aliphatic heterocycles. The van der Waals surface area contributed by atoms with E-state index in [0.717, 1.165) is 16.8 Å². The number of aromatic nitrogens is 4. The van der Waals surface area contributed by atoms with Gasteiger partial charge in [0.05, 0.1) is 16.6 Å². The molecule has 2 heterocycles. The van der Waals surface area contributed by atoms with Crippen molar-refractivity contribution in [1.82, 2.24) is 20.2 Å². The van der Waals surface area contributed by atoms with Crippen LogP contribution < -0.4 is 10.1 Å². The van der Waals surface area contributed by atoms with Crippen LogP contribution in [0.3, 0.4) is 0 Å². The van der Waals surface area contributed by atoms with Crippen molar-refractivity contribution >= 4 is 29.1 Å². The van der Waals surface area contributed by atoms with Crippen LogP contribution in [0.15, 0.2) is 41.6 Å². The maximum absolute atomic E-state index is 12.9. The standard InChI is InChI=1S/C20H19N5O3S/c1-11-4-6-16(12(2)8-11)25-20(22-23-24-25)29-13(3)19(27)14-5-7-17-15(9-14)21-18(26)10-28-17/h4-9,13H,10H2,1-3H3,(H,21,26). The first-order valence-corrected chi connectivity index (χ1v) is 9.94. The van der Waals surface area contributed by atoms with Crippen LogP contribution in [0.25, 0.3) is 5.69 Å². The summed E-state index contributed by atoms with van der Waals surface area (Å²) in [5.41, 5.74) is 4.06. The SMILES string of the molecule is Cc1ccc(-n2nnnc2SC(C)C(=O)c2ccc3c(c2)NC(=O)CO3)c(C)c1. The van der Waals surface area contributed by atoms with E-state index in [1.165, 1.54) is 11.8 Å². The van der Waals surface area contributed by atoms with Crippen molar-refractivity contribution in [2.75, 3.05) is 11.9 Å². The number of Topliss-reactive ketones (excluding diaryl/α,β-unsaturated/α-hetero) is 1. The topological polar surface area (TPSA) is 99.0 Å². The summed E-state index contributed by atoms with van der Waals surface area (Å²) in [6.45, 7) is 5.81. The van der Waals surface area contributed by atoms with E-state index in [2.05, 4.69) is 26.9 Å². The quantitative estimate of drug-likeness (QED) is 0.511. The van der Waals surface area contributed by atoms with E-state index < -0.39 is 5.25 Å². The molecule has 0 radical (unpaired) electrons. The minimum absolute atomic E-state index is 0.0202. The summed E-state index contributed by atoms with van der Waals surface area (Å²) in [5.74, 6) is 0.227. The van der Waals surface area contributed by atoms with E-state index in [0.29, 0.717) is 22.2 Å². The van der Waals surface area contributed by atoms with Crippen molar-refractivity contribution in [3.05, 3.63) is 53.1 Å². The summed E-state index contributed by atoms with van der Waals surface area (Å²) in [4.78, 5) is 24.5. The number of nitrogens with zero attached hydrogens (tertiary/aromatic N) is 4. The summed E-state index contributed by atoms with van der Waals surface area (Å²) < 4.78 is 6.99. The fourth-order valence-corrected chi connectivity index (χ4v) is 4.01. The van der Waals surface area contributed by atoms with Gasteiger partial charge in [-0.3, -0.25) is 9.59 Å². The third-order valence-electron chi connectivity index (χ3n) is 4.57. The molecule has 148 valence electrons. The molecule has 4 rings (SSSR count). The lowest BCUT2D eigenvalue weighted by atomic mass is 10.1. The zero-order chi connectivity index (χ0) is 20.5. The fraction of sp³-hybridized carbons (Fsp3) is 0.250. The summed E-state index contributed by atoms with van der Waals surface area (Å²) in [7, 11) is 0. The first-order valence-electron chi connectivity index (χ1n) is 9.06. The van der Waals surface area contributed by atoms with Crippen LogP contribution in [0, 0.1) is 13.8 Å². The molecule has 8 nitrogen and oxygen atoms in total. The molecule has 1 aromatic heterocycles. The number of thioether (sulfide) groups is 1. The largest absolute Gasteiger partial charge is 0.482 e. The van der Waals surface area contributed by atoms with Gasteiger partial charge in [-0.25, -0.2) is 0 Å². The lowest BCUT2D eigenvalue weighted by Crippen LogP contribution is -2.25. The van der Waals surface area contributed by atoms with Crippen molar-refractivity contribution in [2.24, 2.45) is 0 Å². The molecule has 0 saturated carbocycles. The van der Waals surface area contributed by atoms with Gasteiger partial charge in [0, 0.05) is 5.56 Å². The molecule has 1 N–H and O–H groups in total. The van der Waals surface area contributed by atoms with Crippen molar-refractivity contribution in [3.63, 3.8) is 0 Å². The number of aryl methyl sites for hydroxylation is 2. The lowest BCUT2D eigenvalue weighted by Gasteiger charge is -2.19. The maximum Gasteiger partial charge on any atom is 0.262 e. The number of hydrogen-bond acceptors (Lipinski definition) is 7. The molecular formula is C20H19N5O3S. The van der Waals surface area contributed by atoms with Gasteiger partial charge in [0.15, 0.2) is 12.4 Å². The highest BCUT2D eigenvalue weighted by atomic mass is 32.2. The van der Waals surface area contributed by atoms with E-state index in [-0.39, 0.29) is 18.3 Å². The van der Waals surface area contributed by atoms with E-state index in [9.17, 15) is 9.59 Å². The van der Waals surface area contributed by atoms with Crippen LogP contribution in [-0.2, 0) is 4.79 Å². The van der Waals surface area contributed by atoms with Gasteiger partial charge in [-0.15, -0.1) is 5.10 Å². The Bertz CT molecular complexity index is 1110. The average molecular weight is 409 g/mol. The van der Waals surface area contributed by atoms with E-state index >= 15 is 0 Å². The second kappa shape index (κ2) is 7.67. The zero-order valence-corrected chi connectivity index (χ0v) is 17.0. The molecule has 1 unspecified atom stereocenters. The molecular weight excluding hydrogens is 390 g/mol. The number of ether oxygens (including phenoxy) is 1. The number of fused-ring (bicyclic) bond motifs is 1. The first kappa shape index (κ1) is 19.1. The number of carbonyl (C=O) groups excluding carboxylic acids is 2. The normalized spacial score (nSPS) is 14.0. The van der Waals surface area contributed by atoms with Crippen LogP contribution in [0.4, 0.5) is 5.69 Å². The Labute approximate surface area is 171 Å². The Balaban J connectivity index is 1.55. The van der Waals surface area contributed by atoms with Gasteiger partial charge in [0.25, 0.3) is 5.91 Å². The van der Waals surface area contributed by atoms with Crippen molar-refractivity contribution in [3.8, 4) is 11.4 Å². The summed E-state index contributed by atoms with van der Waals surface area (Å²) in [6, 6.07) is 11.0. The summed E-state index contributed by atoms with van der Waals surface area (Å²) in [6.07, 6.45) is 0. The predicted octanol–water partition coefficient (Wildman–Crippen LogP) is 2.97. The Morgan fingerprint density at radius 1 is 1.24 bits per heavy atom. The van der Waals surface area contributed by atoms with E-state index in [1.807, 2.05) is 32.9 Å². The van der Waals surface area contributed by atoms with Gasteiger partial charge < -0.3 is 10.1 Å². The Kier molecular flexibility index (Phi) is 5.06. The van der Waals surface area contributed by atoms with Gasteiger partial charge in [-0.2, -0.15) is 4.68 Å². The second-order valence-electron chi connectivity index (χ2n) is 6.84. The van der Waals surface area contributed by atoms with Gasteiger partial charge in [0.2, 0.25) is 5.16 Å². The molecule has 2 aromatic carbocycles. The van der Waals surface area contributed by atoms with Crippen molar-refractivity contribution < 1.29 is 14.3 Å². The predicted molar refractivity (Wildman–Crippen MR) is 109 cm³/mol. The molecule has 1 amide bonds. The minimum Gasteiger partial charge on any atom is -0.482 e. The van der Waals surface area contributed by atoms with Crippen molar-refractivity contribution in [2.45, 2.75) is 31.2 Å². The Hall–Kier alpha value is -3.20. The molecule has 0 fully saturated rings. The van der Waals surface area contributed by atoms with Crippen molar-refractivity contribution in [1.29, 1.82) is 0 Å². The number of rotatable bonds is 5. The molecule has 3 aromatic rings. The fourth-order valence-electron chi connectivity index (χ4n) is 3.13. The van der Waals surface area contributed by atoms with Crippen LogP contribution in [-0.4, -0.2) is 43.8 Å². The van der Waals surface area contributed by atoms with Crippen LogP contribution >= 0.6 is 11.8 Å². The van der Waals surface area contributed by atoms with E-state index in [4.69, 9.17) is 4.74 Å². The summed E-state index contributed by atoms with van der Waals surface area (Å²) >= 11 is 1.28. The number of tetrazole rings is 1. The highest BCUT2D eigenvalue weighted by molar-refractivity contribution is 8.00. The number of hydrogen-bond donors (Lipinski definition) is 1. The zero-order valence-electron chi connectivity index (χ0n) is 16.2. The van der Waals surface area contributed by atoms with Gasteiger partial charge in [-0.1, -0.05) is 29.5 Å². The van der Waals surface area contributed by atoms with E-state index in [1.54, 1.807) is 22.9 Å². The van der Waals surface area contributed by atoms with Crippen LogP contribution in [0.5, 0.6) is 5.75 Å². The smallest absolute Gasteiger partial charge is 0.262 e. The molecule has 1 aliphatic rings. The molecule has 0 saturated heterocycles. The first-order chi connectivity index (χ1) is 13.9.